The lowest BCUT2D eigenvalue weighted by Crippen LogP contribution is -2.44. The topological polar surface area (TPSA) is 61.8 Å². The second-order valence-corrected chi connectivity index (χ2v) is 3.71. The van der Waals surface area contributed by atoms with Gasteiger partial charge in [0.05, 0.1) is 6.54 Å². The van der Waals surface area contributed by atoms with E-state index in [0.717, 1.165) is 5.71 Å². The van der Waals surface area contributed by atoms with E-state index in [4.69, 9.17) is 0 Å². The number of ketones is 1. The molecule has 5 nitrogen and oxygen atoms in total. The molecule has 1 aliphatic heterocycles. The lowest BCUT2D eigenvalue weighted by Gasteiger charge is -2.19. The van der Waals surface area contributed by atoms with Gasteiger partial charge in [-0.05, 0) is 26.5 Å². The average molecular weight is 239 g/mol. The Balaban J connectivity index is 0.00000256. The van der Waals surface area contributed by atoms with Crippen molar-refractivity contribution < 1.29 is 9.59 Å². The van der Waals surface area contributed by atoms with Crippen LogP contribution in [-0.2, 0) is 9.59 Å². The van der Waals surface area contributed by atoms with E-state index in [-0.39, 0.29) is 25.7 Å². The predicted molar refractivity (Wildman–Crippen MR) is 68.8 cm³/mol. The number of nitrogens with one attached hydrogen (secondary N) is 1. The molecule has 0 fully saturated rings. The van der Waals surface area contributed by atoms with E-state index in [9.17, 15) is 9.59 Å². The van der Waals surface area contributed by atoms with Crippen LogP contribution < -0.4 is 5.32 Å². The Hall–Kier alpha value is -1.49. The van der Waals surface area contributed by atoms with Gasteiger partial charge in [-0.1, -0.05) is 14.4 Å². The van der Waals surface area contributed by atoms with Crippen LogP contribution in [0.2, 0.25) is 0 Å². The standard InChI is InChI=1S/C11H17N3O2.CH4/c1-4-12-10-11(16)14(7-9(3)15)6-5-8(2)13-10;/h5-6,10,12H,4,7H2,1-3H3;1H4. The summed E-state index contributed by atoms with van der Waals surface area (Å²) in [5.41, 5.74) is 0.769. The van der Waals surface area contributed by atoms with Crippen LogP contribution in [0.15, 0.2) is 17.3 Å². The van der Waals surface area contributed by atoms with Crippen LogP contribution in [0.25, 0.3) is 0 Å². The number of carbonyl (C=O) groups is 2. The maximum absolute atomic E-state index is 12.0. The molecule has 17 heavy (non-hydrogen) atoms. The number of amides is 1. The van der Waals surface area contributed by atoms with Gasteiger partial charge >= 0.3 is 0 Å². The fourth-order valence-electron chi connectivity index (χ4n) is 1.43. The highest BCUT2D eigenvalue weighted by Crippen LogP contribution is 2.04. The molecule has 1 N–H and O–H groups in total. The van der Waals surface area contributed by atoms with Crippen LogP contribution in [0.3, 0.4) is 0 Å². The molecule has 1 rings (SSSR count). The first-order valence-electron chi connectivity index (χ1n) is 5.30. The Labute approximate surface area is 103 Å². The lowest BCUT2D eigenvalue weighted by atomic mass is 10.3. The summed E-state index contributed by atoms with van der Waals surface area (Å²) in [5.74, 6) is -0.238. The molecule has 0 bridgehead atoms. The first kappa shape index (κ1) is 15.5. The van der Waals surface area contributed by atoms with Crippen molar-refractivity contribution in [2.45, 2.75) is 34.4 Å². The number of hydrogen-bond donors (Lipinski definition) is 1. The molecular weight excluding hydrogens is 218 g/mol. The van der Waals surface area contributed by atoms with Crippen LogP contribution >= 0.6 is 0 Å². The van der Waals surface area contributed by atoms with Crippen molar-refractivity contribution in [2.24, 2.45) is 4.99 Å². The third kappa shape index (κ3) is 4.48. The fourth-order valence-corrected chi connectivity index (χ4v) is 1.43. The molecule has 0 aromatic carbocycles. The van der Waals surface area contributed by atoms with Crippen molar-refractivity contribution in [3.8, 4) is 0 Å². The predicted octanol–water partition coefficient (Wildman–Crippen LogP) is 0.964. The molecule has 1 unspecified atom stereocenters. The summed E-state index contributed by atoms with van der Waals surface area (Å²) in [5, 5.41) is 2.98. The SMILES string of the molecule is C.CCNC1N=C(C)C=CN(CC(C)=O)C1=O. The molecule has 0 radical (unpaired) electrons. The van der Waals surface area contributed by atoms with Gasteiger partial charge < -0.3 is 4.90 Å². The van der Waals surface area contributed by atoms with Gasteiger partial charge in [0, 0.05) is 11.9 Å². The van der Waals surface area contributed by atoms with E-state index in [1.165, 1.54) is 11.8 Å². The summed E-state index contributed by atoms with van der Waals surface area (Å²) < 4.78 is 0. The molecule has 5 heteroatoms. The van der Waals surface area contributed by atoms with Crippen molar-refractivity contribution in [3.05, 3.63) is 12.3 Å². The Bertz CT molecular complexity index is 348. The number of allylic oxidation sites excluding steroid dienone is 1. The van der Waals surface area contributed by atoms with E-state index in [1.807, 2.05) is 13.8 Å². The molecule has 1 atom stereocenters. The number of hydrogen-bond acceptors (Lipinski definition) is 4. The molecule has 96 valence electrons. The minimum Gasteiger partial charge on any atom is -0.309 e. The van der Waals surface area contributed by atoms with Crippen LogP contribution in [-0.4, -0.2) is 41.6 Å². The second-order valence-electron chi connectivity index (χ2n) is 3.71. The van der Waals surface area contributed by atoms with Crippen molar-refractivity contribution in [1.82, 2.24) is 10.2 Å². The Kier molecular flexibility index (Phi) is 6.35. The van der Waals surface area contributed by atoms with Gasteiger partial charge in [0.15, 0.2) is 6.17 Å². The van der Waals surface area contributed by atoms with Crippen LogP contribution in [0.5, 0.6) is 0 Å². The number of likely N-dealkylation sites (N-methyl/N-ethyl adjacent to an activating group) is 1. The number of nitrogens with zero attached hydrogens (tertiary/aromatic N) is 2. The first-order valence-corrected chi connectivity index (χ1v) is 5.30. The summed E-state index contributed by atoms with van der Waals surface area (Å²) in [6.45, 7) is 5.94. The van der Waals surface area contributed by atoms with E-state index in [0.29, 0.717) is 6.54 Å². The zero-order valence-electron chi connectivity index (χ0n) is 9.86. The maximum Gasteiger partial charge on any atom is 0.266 e. The molecule has 0 aromatic heterocycles. The molecule has 0 spiro atoms. The Morgan fingerprint density at radius 3 is 2.76 bits per heavy atom. The number of carbonyl (C=O) groups excluding carboxylic acids is 2. The average Bonchev–Trinajstić information content (AvgIpc) is 2.32. The number of Topliss-reactive ketones (excluding diaryl/α,β-unsaturated/α-hetero) is 1. The highest BCUT2D eigenvalue weighted by molar-refractivity contribution is 5.98. The molecular formula is C12H21N3O2. The number of rotatable bonds is 4. The molecule has 0 aromatic rings. The van der Waals surface area contributed by atoms with E-state index in [1.54, 1.807) is 12.3 Å². The lowest BCUT2D eigenvalue weighted by molar-refractivity contribution is -0.133. The third-order valence-electron chi connectivity index (χ3n) is 2.14. The Morgan fingerprint density at radius 1 is 1.59 bits per heavy atom. The molecule has 1 amide bonds. The summed E-state index contributed by atoms with van der Waals surface area (Å²) >= 11 is 0. The largest absolute Gasteiger partial charge is 0.309 e. The highest BCUT2D eigenvalue weighted by atomic mass is 16.2. The van der Waals surface area contributed by atoms with Gasteiger partial charge in [0.2, 0.25) is 0 Å². The van der Waals surface area contributed by atoms with Crippen LogP contribution in [0, 0.1) is 0 Å². The van der Waals surface area contributed by atoms with Crippen LogP contribution in [0.1, 0.15) is 28.2 Å². The first-order chi connectivity index (χ1) is 7.54. The third-order valence-corrected chi connectivity index (χ3v) is 2.14. The van der Waals surface area contributed by atoms with Gasteiger partial charge in [-0.15, -0.1) is 0 Å². The zero-order valence-corrected chi connectivity index (χ0v) is 9.86. The summed E-state index contributed by atoms with van der Waals surface area (Å²) in [6, 6.07) is 0. The van der Waals surface area contributed by atoms with Crippen molar-refractivity contribution in [2.75, 3.05) is 13.1 Å². The molecule has 1 heterocycles. The van der Waals surface area contributed by atoms with Crippen molar-refractivity contribution in [1.29, 1.82) is 0 Å². The minimum absolute atomic E-state index is 0. The van der Waals surface area contributed by atoms with Gasteiger partial charge in [0.1, 0.15) is 5.78 Å². The molecule has 0 saturated heterocycles. The molecule has 0 saturated carbocycles. The van der Waals surface area contributed by atoms with Gasteiger partial charge in [-0.25, -0.2) is 0 Å². The zero-order chi connectivity index (χ0) is 12.1. The highest BCUT2D eigenvalue weighted by Gasteiger charge is 2.24. The van der Waals surface area contributed by atoms with Crippen LogP contribution in [0.4, 0.5) is 0 Å². The Morgan fingerprint density at radius 2 is 2.24 bits per heavy atom. The van der Waals surface area contributed by atoms with E-state index < -0.39 is 6.17 Å². The van der Waals surface area contributed by atoms with E-state index >= 15 is 0 Å². The monoisotopic (exact) mass is 239 g/mol. The minimum atomic E-state index is -0.584. The molecule has 0 aliphatic carbocycles. The maximum atomic E-state index is 12.0. The summed E-state index contributed by atoms with van der Waals surface area (Å²) in [6.07, 6.45) is 2.76. The van der Waals surface area contributed by atoms with Crippen molar-refractivity contribution in [3.63, 3.8) is 0 Å². The fraction of sp³-hybridized carbons (Fsp3) is 0.583. The van der Waals surface area contributed by atoms with Gasteiger partial charge in [-0.3, -0.25) is 19.9 Å². The smallest absolute Gasteiger partial charge is 0.266 e. The van der Waals surface area contributed by atoms with Gasteiger partial charge in [0.25, 0.3) is 5.91 Å². The second kappa shape index (κ2) is 6.96. The van der Waals surface area contributed by atoms with Crippen molar-refractivity contribution >= 4 is 17.4 Å². The van der Waals surface area contributed by atoms with E-state index in [2.05, 4.69) is 10.3 Å². The normalized spacial score (nSPS) is 19.5. The summed E-state index contributed by atoms with van der Waals surface area (Å²) in [4.78, 5) is 28.6. The number of aliphatic imine (C=N–C) groups is 1. The van der Waals surface area contributed by atoms with Gasteiger partial charge in [-0.2, -0.15) is 0 Å². The summed E-state index contributed by atoms with van der Waals surface area (Å²) in [7, 11) is 0. The quantitative estimate of drug-likeness (QED) is 0.795. The molecule has 1 aliphatic rings.